The zero-order valence-corrected chi connectivity index (χ0v) is 12.2. The van der Waals surface area contributed by atoms with E-state index in [0.717, 1.165) is 30.6 Å². The van der Waals surface area contributed by atoms with Crippen LogP contribution in [0.25, 0.3) is 0 Å². The molecule has 0 bridgehead atoms. The molecule has 1 heterocycles. The molecule has 0 amide bonds. The lowest BCUT2D eigenvalue weighted by Gasteiger charge is -2.32. The Morgan fingerprint density at radius 2 is 1.95 bits per heavy atom. The van der Waals surface area contributed by atoms with Gasteiger partial charge in [-0.25, -0.2) is 4.39 Å². The van der Waals surface area contributed by atoms with E-state index in [1.165, 1.54) is 11.3 Å². The number of benzene rings is 2. The van der Waals surface area contributed by atoms with Crippen molar-refractivity contribution in [1.29, 1.82) is 0 Å². The average Bonchev–Trinajstić information content (AvgIpc) is 2.46. The van der Waals surface area contributed by atoms with Crippen molar-refractivity contribution in [3.63, 3.8) is 0 Å². The second kappa shape index (κ2) is 5.33. The van der Waals surface area contributed by atoms with Crippen molar-refractivity contribution < 1.29 is 4.39 Å². The molecule has 0 aromatic heterocycles. The zero-order valence-electron chi connectivity index (χ0n) is 10.6. The largest absolute Gasteiger partial charge is 0.341 e. The summed E-state index contributed by atoms with van der Waals surface area (Å²) in [6.07, 6.45) is 2.26. The van der Waals surface area contributed by atoms with Gasteiger partial charge in [0.25, 0.3) is 0 Å². The van der Waals surface area contributed by atoms with E-state index in [1.807, 2.05) is 6.07 Å². The second-order valence-electron chi connectivity index (χ2n) is 4.79. The Balaban J connectivity index is 2.09. The van der Waals surface area contributed by atoms with Gasteiger partial charge in [-0.2, -0.15) is 0 Å². The summed E-state index contributed by atoms with van der Waals surface area (Å²) < 4.78 is 13.4. The third kappa shape index (κ3) is 2.39. The lowest BCUT2D eigenvalue weighted by atomic mass is 10.0. The molecule has 3 heteroatoms. The highest BCUT2D eigenvalue weighted by Gasteiger charge is 2.19. The van der Waals surface area contributed by atoms with Crippen LogP contribution in [0, 0.1) is 5.82 Å². The number of alkyl halides is 1. The maximum absolute atomic E-state index is 13.4. The minimum absolute atomic E-state index is 0.177. The fourth-order valence-corrected chi connectivity index (χ4v) is 3.16. The molecule has 0 aliphatic carbocycles. The van der Waals surface area contributed by atoms with Crippen LogP contribution in [0.1, 0.15) is 17.5 Å². The van der Waals surface area contributed by atoms with E-state index in [1.54, 1.807) is 12.1 Å². The van der Waals surface area contributed by atoms with E-state index in [-0.39, 0.29) is 5.82 Å². The highest BCUT2D eigenvalue weighted by molar-refractivity contribution is 9.08. The molecule has 0 spiro atoms. The molecule has 3 rings (SSSR count). The molecule has 19 heavy (non-hydrogen) atoms. The number of fused-ring (bicyclic) bond motifs is 1. The van der Waals surface area contributed by atoms with E-state index >= 15 is 0 Å². The first-order valence-electron chi connectivity index (χ1n) is 6.49. The summed E-state index contributed by atoms with van der Waals surface area (Å²) in [5.74, 6) is -0.177. The second-order valence-corrected chi connectivity index (χ2v) is 5.35. The van der Waals surface area contributed by atoms with Gasteiger partial charge in [0.2, 0.25) is 0 Å². The summed E-state index contributed by atoms with van der Waals surface area (Å²) in [7, 11) is 0. The standard InChI is InChI=1S/C16H15BrFN/c17-11-13-10-14(18)7-8-16(13)19-9-3-5-12-4-1-2-6-15(12)19/h1-2,4,6-8,10H,3,5,9,11H2. The Morgan fingerprint density at radius 1 is 1.11 bits per heavy atom. The zero-order chi connectivity index (χ0) is 13.2. The van der Waals surface area contributed by atoms with Crippen LogP contribution in [-0.2, 0) is 11.8 Å². The molecular formula is C16H15BrFN. The SMILES string of the molecule is Fc1ccc(N2CCCc3ccccc32)c(CBr)c1. The molecule has 0 N–H and O–H groups in total. The molecule has 98 valence electrons. The van der Waals surface area contributed by atoms with Gasteiger partial charge < -0.3 is 4.90 Å². The number of aryl methyl sites for hydroxylation is 1. The first kappa shape index (κ1) is 12.7. The molecule has 2 aromatic rings. The van der Waals surface area contributed by atoms with Crippen LogP contribution in [-0.4, -0.2) is 6.54 Å². The van der Waals surface area contributed by atoms with Crippen LogP contribution < -0.4 is 4.90 Å². The number of anilines is 2. The highest BCUT2D eigenvalue weighted by atomic mass is 79.9. The Labute approximate surface area is 121 Å². The van der Waals surface area contributed by atoms with Crippen LogP contribution >= 0.6 is 15.9 Å². The van der Waals surface area contributed by atoms with Gasteiger partial charge in [0.15, 0.2) is 0 Å². The van der Waals surface area contributed by atoms with Gasteiger partial charge in [-0.05, 0) is 48.2 Å². The number of halogens is 2. The normalized spacial score (nSPS) is 14.3. The lowest BCUT2D eigenvalue weighted by Crippen LogP contribution is -2.25. The summed E-state index contributed by atoms with van der Waals surface area (Å²) in [4.78, 5) is 2.30. The van der Waals surface area contributed by atoms with Crippen LogP contribution in [0.3, 0.4) is 0 Å². The predicted molar refractivity (Wildman–Crippen MR) is 80.8 cm³/mol. The Bertz CT molecular complexity index is 597. The third-order valence-electron chi connectivity index (χ3n) is 3.59. The van der Waals surface area contributed by atoms with Crippen molar-refractivity contribution in [2.75, 3.05) is 11.4 Å². The first-order chi connectivity index (χ1) is 9.29. The van der Waals surface area contributed by atoms with E-state index < -0.39 is 0 Å². The summed E-state index contributed by atoms with van der Waals surface area (Å²) in [5.41, 5.74) is 4.73. The van der Waals surface area contributed by atoms with Crippen molar-refractivity contribution in [2.24, 2.45) is 0 Å². The molecule has 1 aliphatic heterocycles. The number of para-hydroxylation sites is 1. The van der Waals surface area contributed by atoms with Gasteiger partial charge in [0.1, 0.15) is 5.82 Å². The van der Waals surface area contributed by atoms with Gasteiger partial charge in [-0.1, -0.05) is 34.1 Å². The molecule has 0 radical (unpaired) electrons. The summed E-state index contributed by atoms with van der Waals surface area (Å²) in [6, 6.07) is 13.5. The number of hydrogen-bond acceptors (Lipinski definition) is 1. The highest BCUT2D eigenvalue weighted by Crippen LogP contribution is 2.35. The van der Waals surface area contributed by atoms with Crippen molar-refractivity contribution in [3.05, 3.63) is 59.4 Å². The smallest absolute Gasteiger partial charge is 0.123 e. The molecule has 1 nitrogen and oxygen atoms in total. The summed E-state index contributed by atoms with van der Waals surface area (Å²) in [6.45, 7) is 0.989. The van der Waals surface area contributed by atoms with Crippen LogP contribution in [0.15, 0.2) is 42.5 Å². The van der Waals surface area contributed by atoms with Crippen molar-refractivity contribution in [2.45, 2.75) is 18.2 Å². The van der Waals surface area contributed by atoms with Gasteiger partial charge in [-0.3, -0.25) is 0 Å². The average molecular weight is 320 g/mol. The molecule has 0 fully saturated rings. The van der Waals surface area contributed by atoms with Crippen molar-refractivity contribution >= 4 is 27.3 Å². The monoisotopic (exact) mass is 319 g/mol. The predicted octanol–water partition coefficient (Wildman–Crippen LogP) is 4.80. The molecule has 0 saturated carbocycles. The van der Waals surface area contributed by atoms with Crippen molar-refractivity contribution in [3.8, 4) is 0 Å². The Hall–Kier alpha value is -1.35. The van der Waals surface area contributed by atoms with E-state index in [9.17, 15) is 4.39 Å². The molecular weight excluding hydrogens is 305 g/mol. The lowest BCUT2D eigenvalue weighted by molar-refractivity contribution is 0.626. The van der Waals surface area contributed by atoms with Gasteiger partial charge in [0.05, 0.1) is 0 Å². The number of nitrogens with zero attached hydrogens (tertiary/aromatic N) is 1. The summed E-state index contributed by atoms with van der Waals surface area (Å²) >= 11 is 3.46. The maximum atomic E-state index is 13.4. The minimum atomic E-state index is -0.177. The number of rotatable bonds is 2. The Morgan fingerprint density at radius 3 is 2.79 bits per heavy atom. The number of hydrogen-bond donors (Lipinski definition) is 0. The summed E-state index contributed by atoms with van der Waals surface area (Å²) in [5, 5.41) is 0.665. The van der Waals surface area contributed by atoms with E-state index in [2.05, 4.69) is 45.1 Å². The van der Waals surface area contributed by atoms with Crippen molar-refractivity contribution in [1.82, 2.24) is 0 Å². The molecule has 0 unspecified atom stereocenters. The minimum Gasteiger partial charge on any atom is -0.341 e. The topological polar surface area (TPSA) is 3.24 Å². The molecule has 0 saturated heterocycles. The fraction of sp³-hybridized carbons (Fsp3) is 0.250. The van der Waals surface area contributed by atoms with Gasteiger partial charge >= 0.3 is 0 Å². The fourth-order valence-electron chi connectivity index (χ4n) is 2.71. The molecule has 0 atom stereocenters. The quantitative estimate of drug-likeness (QED) is 0.718. The van der Waals surface area contributed by atoms with E-state index in [0.29, 0.717) is 5.33 Å². The van der Waals surface area contributed by atoms with Crippen LogP contribution in [0.2, 0.25) is 0 Å². The van der Waals surface area contributed by atoms with Crippen LogP contribution in [0.4, 0.5) is 15.8 Å². The Kier molecular flexibility index (Phi) is 3.56. The third-order valence-corrected chi connectivity index (χ3v) is 4.19. The molecule has 1 aliphatic rings. The maximum Gasteiger partial charge on any atom is 0.123 e. The van der Waals surface area contributed by atoms with E-state index in [4.69, 9.17) is 0 Å². The first-order valence-corrected chi connectivity index (χ1v) is 7.61. The molecule has 2 aromatic carbocycles. The van der Waals surface area contributed by atoms with Gasteiger partial charge in [-0.15, -0.1) is 0 Å². The van der Waals surface area contributed by atoms with Gasteiger partial charge in [0, 0.05) is 23.2 Å². The van der Waals surface area contributed by atoms with Crippen LogP contribution in [0.5, 0.6) is 0 Å².